The standard InChI is InChI=1S/C12H11N3S/c1-7-3-4-10(16-7)9-5-13-8(2)11-12(9)15-6-14-11/h3-5H,6H2,1-2H3. The van der Waals surface area contributed by atoms with E-state index in [1.54, 1.807) is 11.3 Å². The molecule has 3 heterocycles. The number of aryl methyl sites for hydroxylation is 2. The SMILES string of the molecule is Cc1ccc(-c2cnc(C)c3c2=NCN=3)s1. The first-order valence-electron chi connectivity index (χ1n) is 5.17. The highest BCUT2D eigenvalue weighted by atomic mass is 32.1. The lowest BCUT2D eigenvalue weighted by Gasteiger charge is -1.98. The molecule has 0 saturated carbocycles. The molecule has 0 spiro atoms. The average Bonchev–Trinajstić information content (AvgIpc) is 2.87. The normalized spacial score (nSPS) is 13.1. The molecule has 0 fully saturated rings. The summed E-state index contributed by atoms with van der Waals surface area (Å²) in [5.74, 6) is 0. The topological polar surface area (TPSA) is 37.6 Å². The van der Waals surface area contributed by atoms with E-state index in [0.29, 0.717) is 6.67 Å². The second kappa shape index (κ2) is 3.49. The van der Waals surface area contributed by atoms with E-state index in [2.05, 4.69) is 34.0 Å². The van der Waals surface area contributed by atoms with Gasteiger partial charge in [-0.3, -0.25) is 15.0 Å². The summed E-state index contributed by atoms with van der Waals surface area (Å²) < 4.78 is 0. The van der Waals surface area contributed by atoms with E-state index < -0.39 is 0 Å². The molecule has 0 bridgehead atoms. The number of fused-ring (bicyclic) bond motifs is 1. The summed E-state index contributed by atoms with van der Waals surface area (Å²) in [4.78, 5) is 15.7. The van der Waals surface area contributed by atoms with Crippen molar-refractivity contribution < 1.29 is 0 Å². The van der Waals surface area contributed by atoms with E-state index in [-0.39, 0.29) is 0 Å². The van der Waals surface area contributed by atoms with Crippen molar-refractivity contribution in [2.75, 3.05) is 6.67 Å². The first-order chi connectivity index (χ1) is 7.75. The Morgan fingerprint density at radius 1 is 1.12 bits per heavy atom. The molecule has 80 valence electrons. The van der Waals surface area contributed by atoms with Gasteiger partial charge in [0.05, 0.1) is 11.1 Å². The van der Waals surface area contributed by atoms with E-state index in [1.165, 1.54) is 9.75 Å². The third-order valence-electron chi connectivity index (χ3n) is 2.67. The number of thiophene rings is 1. The number of hydrogen-bond donors (Lipinski definition) is 0. The van der Waals surface area contributed by atoms with E-state index in [4.69, 9.17) is 0 Å². The minimum atomic E-state index is 0.541. The second-order valence-electron chi connectivity index (χ2n) is 3.82. The van der Waals surface area contributed by atoms with Crippen LogP contribution in [0.2, 0.25) is 0 Å². The second-order valence-corrected chi connectivity index (χ2v) is 5.11. The molecule has 2 aromatic rings. The summed E-state index contributed by atoms with van der Waals surface area (Å²) in [7, 11) is 0. The monoisotopic (exact) mass is 229 g/mol. The van der Waals surface area contributed by atoms with E-state index >= 15 is 0 Å². The molecule has 2 aromatic heterocycles. The van der Waals surface area contributed by atoms with Gasteiger partial charge < -0.3 is 0 Å². The van der Waals surface area contributed by atoms with Crippen molar-refractivity contribution in [3.8, 4) is 10.4 Å². The Bertz CT molecular complexity index is 670. The van der Waals surface area contributed by atoms with Crippen molar-refractivity contribution in [1.29, 1.82) is 0 Å². The van der Waals surface area contributed by atoms with Crippen molar-refractivity contribution in [2.24, 2.45) is 9.98 Å². The fourth-order valence-corrected chi connectivity index (χ4v) is 2.75. The third-order valence-corrected chi connectivity index (χ3v) is 3.71. The molecular weight excluding hydrogens is 218 g/mol. The fraction of sp³-hybridized carbons (Fsp3) is 0.250. The predicted octanol–water partition coefficient (Wildman–Crippen LogP) is 1.64. The van der Waals surface area contributed by atoms with Gasteiger partial charge in [0.25, 0.3) is 0 Å². The first-order valence-corrected chi connectivity index (χ1v) is 5.99. The van der Waals surface area contributed by atoms with E-state index in [1.807, 2.05) is 13.1 Å². The first kappa shape index (κ1) is 9.66. The molecule has 1 aliphatic rings. The lowest BCUT2D eigenvalue weighted by atomic mass is 10.2. The van der Waals surface area contributed by atoms with Gasteiger partial charge in [0, 0.05) is 21.5 Å². The Labute approximate surface area is 97.2 Å². The average molecular weight is 229 g/mol. The van der Waals surface area contributed by atoms with E-state index in [9.17, 15) is 0 Å². The maximum atomic E-state index is 4.45. The van der Waals surface area contributed by atoms with Gasteiger partial charge in [-0.05, 0) is 26.0 Å². The number of rotatable bonds is 1. The number of aromatic nitrogens is 1. The van der Waals surface area contributed by atoms with Gasteiger partial charge in [0.15, 0.2) is 0 Å². The van der Waals surface area contributed by atoms with Crippen molar-refractivity contribution in [2.45, 2.75) is 13.8 Å². The zero-order valence-electron chi connectivity index (χ0n) is 9.19. The Kier molecular flexibility index (Phi) is 2.11. The third kappa shape index (κ3) is 1.38. The van der Waals surface area contributed by atoms with Gasteiger partial charge in [-0.2, -0.15) is 0 Å². The molecule has 0 aromatic carbocycles. The molecular formula is C12H11N3S. The van der Waals surface area contributed by atoms with Gasteiger partial charge >= 0.3 is 0 Å². The molecule has 0 radical (unpaired) electrons. The van der Waals surface area contributed by atoms with Gasteiger partial charge in [0.2, 0.25) is 0 Å². The van der Waals surface area contributed by atoms with Crippen molar-refractivity contribution in [3.63, 3.8) is 0 Å². The van der Waals surface area contributed by atoms with Crippen LogP contribution >= 0.6 is 11.3 Å². The summed E-state index contributed by atoms with van der Waals surface area (Å²) in [6, 6.07) is 4.25. The lowest BCUT2D eigenvalue weighted by Crippen LogP contribution is -2.27. The molecule has 1 aliphatic heterocycles. The molecule has 0 amide bonds. The fourth-order valence-electron chi connectivity index (χ4n) is 1.87. The van der Waals surface area contributed by atoms with Gasteiger partial charge in [-0.15, -0.1) is 11.3 Å². The summed E-state index contributed by atoms with van der Waals surface area (Å²) in [5, 5.41) is 1.97. The Morgan fingerprint density at radius 2 is 1.94 bits per heavy atom. The minimum absolute atomic E-state index is 0.541. The van der Waals surface area contributed by atoms with Gasteiger partial charge in [0.1, 0.15) is 12.0 Å². The number of pyridine rings is 1. The van der Waals surface area contributed by atoms with Crippen LogP contribution in [0.5, 0.6) is 0 Å². The molecule has 0 saturated heterocycles. The van der Waals surface area contributed by atoms with Crippen molar-refractivity contribution in [1.82, 2.24) is 4.98 Å². The van der Waals surface area contributed by atoms with Crippen LogP contribution in [-0.2, 0) is 0 Å². The highest BCUT2D eigenvalue weighted by Crippen LogP contribution is 2.24. The summed E-state index contributed by atoms with van der Waals surface area (Å²) >= 11 is 1.77. The van der Waals surface area contributed by atoms with Crippen LogP contribution < -0.4 is 10.7 Å². The molecule has 3 rings (SSSR count). The van der Waals surface area contributed by atoms with Gasteiger partial charge in [-0.25, -0.2) is 0 Å². The maximum absolute atomic E-state index is 4.45. The molecule has 0 atom stereocenters. The summed E-state index contributed by atoms with van der Waals surface area (Å²) in [6.07, 6.45) is 1.91. The maximum Gasteiger partial charge on any atom is 0.131 e. The number of nitrogens with zero attached hydrogens (tertiary/aromatic N) is 3. The van der Waals surface area contributed by atoms with Crippen LogP contribution in [0.3, 0.4) is 0 Å². The highest BCUT2D eigenvalue weighted by molar-refractivity contribution is 7.15. The predicted molar refractivity (Wildman–Crippen MR) is 64.2 cm³/mol. The summed E-state index contributed by atoms with van der Waals surface area (Å²) in [6.45, 7) is 4.63. The smallest absolute Gasteiger partial charge is 0.131 e. The van der Waals surface area contributed by atoms with E-state index in [0.717, 1.165) is 22.0 Å². The van der Waals surface area contributed by atoms with Crippen LogP contribution in [-0.4, -0.2) is 11.7 Å². The number of hydrogen-bond acceptors (Lipinski definition) is 4. The van der Waals surface area contributed by atoms with Gasteiger partial charge in [-0.1, -0.05) is 0 Å². The van der Waals surface area contributed by atoms with Crippen LogP contribution in [0.4, 0.5) is 0 Å². The minimum Gasteiger partial charge on any atom is -0.259 e. The van der Waals surface area contributed by atoms with Crippen LogP contribution in [0.15, 0.2) is 28.3 Å². The molecule has 0 N–H and O–H groups in total. The lowest BCUT2D eigenvalue weighted by molar-refractivity contribution is 1.05. The Morgan fingerprint density at radius 3 is 2.69 bits per heavy atom. The van der Waals surface area contributed by atoms with Crippen LogP contribution in [0.1, 0.15) is 10.6 Å². The Hall–Kier alpha value is -1.55. The highest BCUT2D eigenvalue weighted by Gasteiger charge is 2.10. The zero-order chi connectivity index (χ0) is 11.1. The van der Waals surface area contributed by atoms with Crippen LogP contribution in [0, 0.1) is 13.8 Å². The van der Waals surface area contributed by atoms with Crippen molar-refractivity contribution in [3.05, 3.63) is 39.6 Å². The molecule has 0 unspecified atom stereocenters. The molecule has 0 aliphatic carbocycles. The molecule has 16 heavy (non-hydrogen) atoms. The van der Waals surface area contributed by atoms with Crippen LogP contribution in [0.25, 0.3) is 10.4 Å². The van der Waals surface area contributed by atoms with Crippen molar-refractivity contribution >= 4 is 11.3 Å². The molecule has 3 nitrogen and oxygen atoms in total. The largest absolute Gasteiger partial charge is 0.259 e. The zero-order valence-corrected chi connectivity index (χ0v) is 10.0. The quantitative estimate of drug-likeness (QED) is 0.732. The Balaban J connectivity index is 2.33. The summed E-state index contributed by atoms with van der Waals surface area (Å²) in [5.41, 5.74) is 2.08. The molecule has 4 heteroatoms.